The highest BCUT2D eigenvalue weighted by Crippen LogP contribution is 2.45. The van der Waals surface area contributed by atoms with Crippen LogP contribution in [0.2, 0.25) is 0 Å². The average Bonchev–Trinajstić information content (AvgIpc) is 0.904. The Balaban J connectivity index is 5.21. The zero-order valence-electron chi connectivity index (χ0n) is 70.1. The van der Waals surface area contributed by atoms with Crippen LogP contribution in [0.25, 0.3) is 0 Å². The number of phosphoric acid groups is 2. The number of carbonyl (C=O) groups is 4. The smallest absolute Gasteiger partial charge is 0.462 e. The fourth-order valence-electron chi connectivity index (χ4n) is 13.4. The minimum absolute atomic E-state index is 0.105. The highest BCUT2D eigenvalue weighted by Gasteiger charge is 2.31. The Labute approximate surface area is 651 Å². The average molecular weight is 1550 g/mol. The van der Waals surface area contributed by atoms with Crippen LogP contribution in [0.5, 0.6) is 0 Å². The number of aliphatic hydroxyl groups excluding tert-OH is 1. The molecule has 0 fully saturated rings. The van der Waals surface area contributed by atoms with Crippen LogP contribution in [0.1, 0.15) is 453 Å². The second-order valence-electron chi connectivity index (χ2n) is 32.7. The zero-order valence-corrected chi connectivity index (χ0v) is 71.9. The normalized spacial score (nSPS) is 14.4. The van der Waals surface area contributed by atoms with E-state index in [-0.39, 0.29) is 25.7 Å². The van der Waals surface area contributed by atoms with Crippen molar-refractivity contribution in [2.24, 2.45) is 23.7 Å². The summed E-state index contributed by atoms with van der Waals surface area (Å²) >= 11 is 0. The summed E-state index contributed by atoms with van der Waals surface area (Å²) in [4.78, 5) is 73.2. The molecule has 0 spiro atoms. The first-order valence-electron chi connectivity index (χ1n) is 44.8. The summed E-state index contributed by atoms with van der Waals surface area (Å²) < 4.78 is 68.9. The lowest BCUT2D eigenvalue weighted by Gasteiger charge is -2.21. The van der Waals surface area contributed by atoms with E-state index in [0.29, 0.717) is 25.7 Å². The van der Waals surface area contributed by atoms with Crippen LogP contribution in [-0.2, 0) is 65.4 Å². The van der Waals surface area contributed by atoms with E-state index in [1.807, 2.05) is 0 Å². The van der Waals surface area contributed by atoms with Crippen molar-refractivity contribution < 1.29 is 80.2 Å². The second kappa shape index (κ2) is 75.7. The Kier molecular flexibility index (Phi) is 74.3. The fourth-order valence-corrected chi connectivity index (χ4v) is 15.0. The zero-order chi connectivity index (χ0) is 78.1. The molecule has 0 aromatic heterocycles. The lowest BCUT2D eigenvalue weighted by atomic mass is 9.99. The van der Waals surface area contributed by atoms with Crippen molar-refractivity contribution in [2.45, 2.75) is 472 Å². The molecule has 0 saturated heterocycles. The van der Waals surface area contributed by atoms with Gasteiger partial charge in [0.25, 0.3) is 0 Å². The van der Waals surface area contributed by atoms with E-state index in [2.05, 4.69) is 55.4 Å². The van der Waals surface area contributed by atoms with E-state index in [9.17, 15) is 43.2 Å². The molecule has 0 aliphatic heterocycles. The van der Waals surface area contributed by atoms with Crippen molar-refractivity contribution in [1.29, 1.82) is 0 Å². The monoisotopic (exact) mass is 1550 g/mol. The molecule has 4 unspecified atom stereocenters. The van der Waals surface area contributed by atoms with Gasteiger partial charge < -0.3 is 33.8 Å². The molecule has 0 aliphatic rings. The number of hydrogen-bond donors (Lipinski definition) is 3. The second-order valence-corrected chi connectivity index (χ2v) is 35.6. The van der Waals surface area contributed by atoms with Gasteiger partial charge in [-0.2, -0.15) is 0 Å². The van der Waals surface area contributed by atoms with E-state index in [1.165, 1.54) is 250 Å². The molecule has 0 radical (unpaired) electrons. The van der Waals surface area contributed by atoms with Crippen molar-refractivity contribution in [1.82, 2.24) is 0 Å². The Hall–Kier alpha value is -1.94. The Morgan fingerprint density at radius 3 is 0.670 bits per heavy atom. The van der Waals surface area contributed by atoms with E-state index < -0.39 is 97.5 Å². The molecule has 7 atom stereocenters. The maximum atomic E-state index is 13.2. The van der Waals surface area contributed by atoms with Gasteiger partial charge in [0.1, 0.15) is 19.3 Å². The van der Waals surface area contributed by atoms with Crippen LogP contribution in [-0.4, -0.2) is 96.7 Å². The first-order valence-corrected chi connectivity index (χ1v) is 47.8. The van der Waals surface area contributed by atoms with Crippen molar-refractivity contribution >= 4 is 39.5 Å². The lowest BCUT2D eigenvalue weighted by Crippen LogP contribution is -2.30. The standard InChI is InChI=1S/C87H170O17P2/c1-9-79(7)65-57-49-41-35-28-24-20-16-12-14-18-22-26-30-37-43-53-61-69-86(91)103-82(73-97-84(89)67-59-51-42-36-29-25-21-17-13-11-15-19-23-27-33-39-47-55-63-77(3)4)75-101-105(93,94)99-71-81(88)72-100-106(95,96)102-76-83(74-98-85(90)68-60-52-46-45-50-58-66-80(8)10-2)104-87(92)70-62-54-44-38-32-31-34-40-48-56-64-78(5)6/h77-83,88H,9-76H2,1-8H3,(H,93,94)(H,95,96)/t79?,80?,81-,82-,83-/m1/s1. The van der Waals surface area contributed by atoms with Gasteiger partial charge in [-0.3, -0.25) is 37.3 Å². The van der Waals surface area contributed by atoms with Crippen LogP contribution >= 0.6 is 15.6 Å². The molecule has 17 nitrogen and oxygen atoms in total. The number of unbranched alkanes of at least 4 members (excludes halogenated alkanes) is 48. The van der Waals surface area contributed by atoms with Gasteiger partial charge in [-0.15, -0.1) is 0 Å². The molecule has 0 amide bonds. The maximum absolute atomic E-state index is 13.2. The lowest BCUT2D eigenvalue weighted by molar-refractivity contribution is -0.161. The Morgan fingerprint density at radius 2 is 0.453 bits per heavy atom. The van der Waals surface area contributed by atoms with Crippen molar-refractivity contribution in [3.63, 3.8) is 0 Å². The first-order chi connectivity index (χ1) is 51.2. The molecule has 0 rings (SSSR count). The van der Waals surface area contributed by atoms with Gasteiger partial charge in [-0.05, 0) is 49.4 Å². The Bertz CT molecular complexity index is 2060. The Morgan fingerprint density at radius 1 is 0.264 bits per heavy atom. The summed E-state index contributed by atoms with van der Waals surface area (Å²) in [5, 5.41) is 10.7. The van der Waals surface area contributed by atoms with Crippen molar-refractivity contribution in [2.75, 3.05) is 39.6 Å². The number of carbonyl (C=O) groups excluding carboxylic acids is 4. The summed E-state index contributed by atoms with van der Waals surface area (Å²) in [6, 6.07) is 0. The third-order valence-electron chi connectivity index (χ3n) is 21.0. The summed E-state index contributed by atoms with van der Waals surface area (Å²) in [6.07, 6.45) is 65.4. The van der Waals surface area contributed by atoms with Crippen LogP contribution < -0.4 is 0 Å². The van der Waals surface area contributed by atoms with E-state index in [0.717, 1.165) is 120 Å². The van der Waals surface area contributed by atoms with Gasteiger partial charge in [0.2, 0.25) is 0 Å². The van der Waals surface area contributed by atoms with Crippen LogP contribution in [0.4, 0.5) is 0 Å². The molecular weight excluding hydrogens is 1380 g/mol. The minimum atomic E-state index is -4.97. The van der Waals surface area contributed by atoms with Crippen LogP contribution in [0.15, 0.2) is 0 Å². The van der Waals surface area contributed by atoms with Crippen molar-refractivity contribution in [3.05, 3.63) is 0 Å². The van der Waals surface area contributed by atoms with E-state index >= 15 is 0 Å². The molecule has 0 heterocycles. The van der Waals surface area contributed by atoms with Gasteiger partial charge in [0.05, 0.1) is 26.4 Å². The predicted octanol–water partition coefficient (Wildman–Crippen LogP) is 26.3. The molecule has 106 heavy (non-hydrogen) atoms. The molecular formula is C87H170O17P2. The number of phosphoric ester groups is 2. The van der Waals surface area contributed by atoms with Crippen molar-refractivity contribution in [3.8, 4) is 0 Å². The van der Waals surface area contributed by atoms with Gasteiger partial charge in [0.15, 0.2) is 12.2 Å². The molecule has 0 bridgehead atoms. The number of hydrogen-bond acceptors (Lipinski definition) is 15. The van der Waals surface area contributed by atoms with E-state index in [4.69, 9.17) is 37.0 Å². The quantitative estimate of drug-likeness (QED) is 0.0222. The summed E-state index contributed by atoms with van der Waals surface area (Å²) in [7, 11) is -9.93. The fraction of sp³-hybridized carbons (Fsp3) is 0.954. The summed E-state index contributed by atoms with van der Waals surface area (Å²) in [5.74, 6) is 1.07. The molecule has 0 aromatic carbocycles. The first kappa shape index (κ1) is 104. The molecule has 0 aliphatic carbocycles. The largest absolute Gasteiger partial charge is 0.472 e. The number of rotatable bonds is 84. The number of aliphatic hydroxyl groups is 1. The van der Waals surface area contributed by atoms with Gasteiger partial charge >= 0.3 is 39.5 Å². The molecule has 19 heteroatoms. The SMILES string of the molecule is CCC(C)CCCCCCCCCCCCCCCCCCCCC(=O)O[C@H](COC(=O)CCCCCCCCCCCCCCCCCCCCC(C)C)COP(=O)(O)OC[C@@H](O)COP(=O)(O)OC[C@@H](COC(=O)CCCCCCCCC(C)CC)OC(=O)CCCCCCCCCCCCC(C)C. The summed E-state index contributed by atoms with van der Waals surface area (Å²) in [6.45, 7) is 14.3. The molecule has 630 valence electrons. The topological polar surface area (TPSA) is 237 Å². The number of ether oxygens (including phenoxy) is 4. The molecule has 0 aromatic rings. The molecule has 3 N–H and O–H groups in total. The van der Waals surface area contributed by atoms with Gasteiger partial charge in [0, 0.05) is 25.7 Å². The molecule has 0 saturated carbocycles. The predicted molar refractivity (Wildman–Crippen MR) is 437 cm³/mol. The van der Waals surface area contributed by atoms with Gasteiger partial charge in [-0.1, -0.05) is 402 Å². The van der Waals surface area contributed by atoms with Crippen LogP contribution in [0.3, 0.4) is 0 Å². The highest BCUT2D eigenvalue weighted by atomic mass is 31.2. The van der Waals surface area contributed by atoms with E-state index in [1.54, 1.807) is 0 Å². The van der Waals surface area contributed by atoms with Gasteiger partial charge in [-0.25, -0.2) is 9.13 Å². The third-order valence-corrected chi connectivity index (χ3v) is 22.9. The van der Waals surface area contributed by atoms with Crippen LogP contribution in [0, 0.1) is 23.7 Å². The maximum Gasteiger partial charge on any atom is 0.472 e. The summed E-state index contributed by atoms with van der Waals surface area (Å²) in [5.41, 5.74) is 0. The highest BCUT2D eigenvalue weighted by molar-refractivity contribution is 7.47. The minimum Gasteiger partial charge on any atom is -0.462 e. The third kappa shape index (κ3) is 77.4. The number of esters is 4.